The first-order valence-corrected chi connectivity index (χ1v) is 9.06. The molecule has 0 aliphatic heterocycles. The molecule has 0 N–H and O–H groups in total. The van der Waals surface area contributed by atoms with Crippen LogP contribution in [0.25, 0.3) is 21.0 Å². The Bertz CT molecular complexity index is 868. The van der Waals surface area contributed by atoms with E-state index in [4.69, 9.17) is 0 Å². The van der Waals surface area contributed by atoms with Crippen molar-refractivity contribution in [1.82, 2.24) is 4.98 Å². The molecule has 2 aromatic carbocycles. The number of hydrogen-bond acceptors (Lipinski definition) is 4. The Morgan fingerprint density at radius 2 is 1.67 bits per heavy atom. The lowest BCUT2D eigenvalue weighted by atomic mass is 10.2. The molecular weight excluding hydrogens is 302 g/mol. The summed E-state index contributed by atoms with van der Waals surface area (Å²) >= 11 is 1.55. The molecule has 0 atom stereocenters. The van der Waals surface area contributed by atoms with Crippen molar-refractivity contribution in [2.24, 2.45) is 0 Å². The maximum absolute atomic E-state index is 11.6. The molecule has 0 saturated carbocycles. The second-order valence-electron chi connectivity index (χ2n) is 4.70. The average Bonchev–Trinajstić information content (AvgIpc) is 2.97. The summed E-state index contributed by atoms with van der Waals surface area (Å²) in [5.74, 6) is 0. The van der Waals surface area contributed by atoms with Crippen molar-refractivity contribution in [3.63, 3.8) is 0 Å². The molecule has 0 saturated heterocycles. The number of nitrogens with zero attached hydrogens (tertiary/aromatic N) is 1. The predicted molar refractivity (Wildman–Crippen MR) is 86.1 cm³/mol. The molecule has 0 aliphatic carbocycles. The van der Waals surface area contributed by atoms with Crippen LogP contribution in [-0.2, 0) is 9.84 Å². The highest BCUT2D eigenvalue weighted by Crippen LogP contribution is 2.32. The van der Waals surface area contributed by atoms with Crippen molar-refractivity contribution >= 4 is 21.2 Å². The monoisotopic (exact) mass is 315 g/mol. The molecule has 0 aliphatic rings. The highest BCUT2D eigenvalue weighted by atomic mass is 32.2. The molecule has 0 radical (unpaired) electrons. The van der Waals surface area contributed by atoms with E-state index in [0.717, 1.165) is 21.0 Å². The number of rotatable bonds is 3. The zero-order chi connectivity index (χ0) is 14.9. The zero-order valence-corrected chi connectivity index (χ0v) is 13.0. The quantitative estimate of drug-likeness (QED) is 0.737. The van der Waals surface area contributed by atoms with Crippen LogP contribution in [0.15, 0.2) is 65.7 Å². The average molecular weight is 315 g/mol. The first kappa shape index (κ1) is 14.0. The lowest BCUT2D eigenvalue weighted by molar-refractivity contribution is 0.602. The van der Waals surface area contributed by atoms with Gasteiger partial charge in [-0.2, -0.15) is 0 Å². The van der Waals surface area contributed by atoms with E-state index in [-0.39, 0.29) is 0 Å². The van der Waals surface area contributed by atoms with Crippen molar-refractivity contribution < 1.29 is 8.42 Å². The maximum Gasteiger partial charge on any atom is 0.175 e. The molecule has 0 bridgehead atoms. The van der Waals surface area contributed by atoms with Crippen molar-refractivity contribution in [1.29, 1.82) is 0 Å². The van der Waals surface area contributed by atoms with Gasteiger partial charge in [0.25, 0.3) is 0 Å². The van der Waals surface area contributed by atoms with Crippen LogP contribution in [-0.4, -0.2) is 19.7 Å². The van der Waals surface area contributed by atoms with Gasteiger partial charge in [-0.25, -0.2) is 13.4 Å². The van der Waals surface area contributed by atoms with Crippen LogP contribution in [0.5, 0.6) is 0 Å². The van der Waals surface area contributed by atoms with Gasteiger partial charge in [0.2, 0.25) is 0 Å². The van der Waals surface area contributed by atoms with Gasteiger partial charge in [-0.05, 0) is 17.7 Å². The van der Waals surface area contributed by atoms with E-state index in [9.17, 15) is 8.42 Å². The minimum atomic E-state index is -3.20. The molecule has 106 valence electrons. The summed E-state index contributed by atoms with van der Waals surface area (Å²) in [7, 11) is -3.20. The standard InChI is InChI=1S/C16H13NO2S2/c1-21(18,19)14-9-5-8-13(10-14)16-17-11-15(20-16)12-6-3-2-4-7-12/h2-11H,1H3. The van der Waals surface area contributed by atoms with Crippen LogP contribution >= 0.6 is 11.3 Å². The third-order valence-electron chi connectivity index (χ3n) is 3.07. The second-order valence-corrected chi connectivity index (χ2v) is 7.74. The van der Waals surface area contributed by atoms with Gasteiger partial charge < -0.3 is 0 Å². The fraction of sp³-hybridized carbons (Fsp3) is 0.0625. The van der Waals surface area contributed by atoms with E-state index in [1.807, 2.05) is 42.6 Å². The van der Waals surface area contributed by atoms with E-state index in [1.165, 1.54) is 6.26 Å². The molecule has 5 heteroatoms. The van der Waals surface area contributed by atoms with Crippen LogP contribution < -0.4 is 0 Å². The third kappa shape index (κ3) is 3.04. The Labute approximate surface area is 127 Å². The van der Waals surface area contributed by atoms with Gasteiger partial charge in [0.1, 0.15) is 5.01 Å². The maximum atomic E-state index is 11.6. The Hall–Kier alpha value is -1.98. The topological polar surface area (TPSA) is 47.0 Å². The van der Waals surface area contributed by atoms with E-state index in [0.29, 0.717) is 4.90 Å². The summed E-state index contributed by atoms with van der Waals surface area (Å²) < 4.78 is 23.3. The SMILES string of the molecule is CS(=O)(=O)c1cccc(-c2ncc(-c3ccccc3)s2)c1. The third-order valence-corrected chi connectivity index (χ3v) is 5.28. The highest BCUT2D eigenvalue weighted by Gasteiger charge is 2.11. The molecule has 1 aromatic heterocycles. The summed E-state index contributed by atoms with van der Waals surface area (Å²) in [6.07, 6.45) is 3.03. The van der Waals surface area contributed by atoms with Gasteiger partial charge >= 0.3 is 0 Å². The Balaban J connectivity index is 2.01. The van der Waals surface area contributed by atoms with Gasteiger partial charge in [0, 0.05) is 18.0 Å². The molecular formula is C16H13NO2S2. The van der Waals surface area contributed by atoms with Crippen LogP contribution in [0, 0.1) is 0 Å². The molecule has 1 heterocycles. The second kappa shape index (κ2) is 5.42. The largest absolute Gasteiger partial charge is 0.244 e. The Morgan fingerprint density at radius 3 is 2.38 bits per heavy atom. The molecule has 3 nitrogen and oxygen atoms in total. The molecule has 21 heavy (non-hydrogen) atoms. The van der Waals surface area contributed by atoms with Gasteiger partial charge in [0.05, 0.1) is 9.77 Å². The van der Waals surface area contributed by atoms with Crippen LogP contribution in [0.2, 0.25) is 0 Å². The van der Waals surface area contributed by atoms with Crippen molar-refractivity contribution in [3.8, 4) is 21.0 Å². The van der Waals surface area contributed by atoms with Crippen molar-refractivity contribution in [2.45, 2.75) is 4.90 Å². The minimum absolute atomic E-state index is 0.316. The smallest absolute Gasteiger partial charge is 0.175 e. The van der Waals surface area contributed by atoms with Crippen LogP contribution in [0.4, 0.5) is 0 Å². The summed E-state index contributed by atoms with van der Waals surface area (Å²) in [4.78, 5) is 5.79. The number of hydrogen-bond donors (Lipinski definition) is 0. The van der Waals surface area contributed by atoms with E-state index >= 15 is 0 Å². The molecule has 0 unspecified atom stereocenters. The van der Waals surface area contributed by atoms with Gasteiger partial charge in [-0.15, -0.1) is 11.3 Å². The van der Waals surface area contributed by atoms with E-state index in [2.05, 4.69) is 4.98 Å². The predicted octanol–water partition coefficient (Wildman–Crippen LogP) is 3.88. The Kier molecular flexibility index (Phi) is 3.61. The number of thiazole rings is 1. The highest BCUT2D eigenvalue weighted by molar-refractivity contribution is 7.90. The number of benzene rings is 2. The van der Waals surface area contributed by atoms with Gasteiger partial charge in [0.15, 0.2) is 9.84 Å². The minimum Gasteiger partial charge on any atom is -0.244 e. The molecule has 0 fully saturated rings. The molecule has 3 aromatic rings. The number of sulfone groups is 1. The summed E-state index contributed by atoms with van der Waals surface area (Å²) in [6.45, 7) is 0. The molecule has 0 spiro atoms. The normalized spacial score (nSPS) is 11.5. The summed E-state index contributed by atoms with van der Waals surface area (Å²) in [5, 5.41) is 0.819. The van der Waals surface area contributed by atoms with Gasteiger partial charge in [-0.1, -0.05) is 42.5 Å². The fourth-order valence-electron chi connectivity index (χ4n) is 2.00. The lowest BCUT2D eigenvalue weighted by Crippen LogP contribution is -1.96. The van der Waals surface area contributed by atoms with Crippen molar-refractivity contribution in [2.75, 3.05) is 6.26 Å². The summed E-state index contributed by atoms with van der Waals surface area (Å²) in [5.41, 5.74) is 1.94. The van der Waals surface area contributed by atoms with E-state index < -0.39 is 9.84 Å². The lowest BCUT2D eigenvalue weighted by Gasteiger charge is -2.00. The first-order valence-electron chi connectivity index (χ1n) is 6.36. The van der Waals surface area contributed by atoms with Gasteiger partial charge in [-0.3, -0.25) is 0 Å². The van der Waals surface area contributed by atoms with Crippen LogP contribution in [0.3, 0.4) is 0 Å². The number of aromatic nitrogens is 1. The first-order chi connectivity index (χ1) is 10.0. The van der Waals surface area contributed by atoms with E-state index in [1.54, 1.807) is 29.5 Å². The van der Waals surface area contributed by atoms with Crippen LogP contribution in [0.1, 0.15) is 0 Å². The molecule has 3 rings (SSSR count). The Morgan fingerprint density at radius 1 is 0.952 bits per heavy atom. The fourth-order valence-corrected chi connectivity index (χ4v) is 3.59. The van der Waals surface area contributed by atoms with Crippen molar-refractivity contribution in [3.05, 3.63) is 60.8 Å². The zero-order valence-electron chi connectivity index (χ0n) is 11.4. The molecule has 0 amide bonds. The summed E-state index contributed by atoms with van der Waals surface area (Å²) in [6, 6.07) is 16.9.